The number of fused-ring (bicyclic) bond motifs is 10. The van der Waals surface area contributed by atoms with Crippen LogP contribution in [-0.4, -0.2) is 19.4 Å². The van der Waals surface area contributed by atoms with Gasteiger partial charge in [0.15, 0.2) is 0 Å². The number of nitrogens with zero attached hydrogens (tertiary/aromatic N) is 1. The molecule has 51 heavy (non-hydrogen) atoms. The summed E-state index contributed by atoms with van der Waals surface area (Å²) >= 11 is 17.6. The molecule has 0 bridgehead atoms. The Bertz CT molecular complexity index is 2680. The van der Waals surface area contributed by atoms with Gasteiger partial charge in [0.2, 0.25) is 0 Å². The minimum absolute atomic E-state index is 1.17. The quantitative estimate of drug-likeness (QED) is 0.125. The highest BCUT2D eigenvalue weighted by Crippen LogP contribution is 2.44. The molecule has 0 radical (unpaired) electrons. The zero-order valence-corrected chi connectivity index (χ0v) is 38.8. The minimum Gasteiger partial charge on any atom is -0.346 e. The first kappa shape index (κ1) is 38.7. The maximum Gasteiger partial charge on any atom is 0.109 e. The summed E-state index contributed by atoms with van der Waals surface area (Å²) in [7, 11) is 0. The average molecular weight is 1170 g/mol. The number of hydrogen-bond acceptors (Lipinski definition) is 2. The second kappa shape index (κ2) is 18.4. The van der Waals surface area contributed by atoms with Crippen LogP contribution in [0.5, 0.6) is 0 Å². The van der Waals surface area contributed by atoms with E-state index in [1.165, 1.54) is 80.6 Å². The molecule has 4 aromatic heterocycles. The van der Waals surface area contributed by atoms with Gasteiger partial charge < -0.3 is 9.55 Å². The number of thiophene rings is 2. The molecule has 256 valence electrons. The van der Waals surface area contributed by atoms with E-state index in [1.54, 1.807) is 0 Å². The van der Waals surface area contributed by atoms with Crippen LogP contribution in [0.2, 0.25) is 0 Å². The predicted molar refractivity (Wildman–Crippen MR) is 262 cm³/mol. The number of aromatic nitrogens is 2. The van der Waals surface area contributed by atoms with Crippen molar-refractivity contribution < 1.29 is 0 Å². The van der Waals surface area contributed by atoms with Gasteiger partial charge in [-0.2, -0.15) is 0 Å². The fourth-order valence-corrected chi connectivity index (χ4v) is 10.1. The van der Waals surface area contributed by atoms with Gasteiger partial charge in [0.25, 0.3) is 0 Å². The molecule has 0 atom stereocenters. The van der Waals surface area contributed by atoms with E-state index in [-0.39, 0.29) is 0 Å². The van der Waals surface area contributed by atoms with Crippen molar-refractivity contribution in [2.45, 2.75) is 0 Å². The molecule has 0 aliphatic rings. The Morgan fingerprint density at radius 1 is 0.510 bits per heavy atom. The highest BCUT2D eigenvalue weighted by atomic mass is 127. The van der Waals surface area contributed by atoms with E-state index < -0.39 is 0 Å². The zero-order valence-electron chi connectivity index (χ0n) is 27.5. The van der Waals surface area contributed by atoms with E-state index >= 15 is 0 Å². The van der Waals surface area contributed by atoms with Crippen molar-refractivity contribution >= 4 is 185 Å². The number of benzene rings is 6. The van der Waals surface area contributed by atoms with Crippen LogP contribution >= 0.6 is 122 Å². The Labute approximate surface area is 363 Å². The Kier molecular flexibility index (Phi) is 13.9. The smallest absolute Gasteiger partial charge is 0.109 e. The van der Waals surface area contributed by atoms with Crippen LogP contribution in [0.15, 0.2) is 155 Å². The third kappa shape index (κ3) is 8.09. The summed E-state index contributed by atoms with van der Waals surface area (Å²) in [5.74, 6) is 0. The predicted octanol–water partition coefficient (Wildman–Crippen LogP) is 16.5. The van der Waals surface area contributed by atoms with Crippen molar-refractivity contribution in [1.29, 1.82) is 0 Å². The molecule has 0 aliphatic heterocycles. The van der Waals surface area contributed by atoms with E-state index in [0.717, 1.165) is 0 Å². The van der Waals surface area contributed by atoms with Gasteiger partial charge in [-0.25, -0.2) is 0 Å². The number of halogens is 5. The van der Waals surface area contributed by atoms with Crippen molar-refractivity contribution in [2.75, 3.05) is 9.86 Å². The lowest BCUT2D eigenvalue weighted by atomic mass is 10.1. The van der Waals surface area contributed by atoms with Gasteiger partial charge in [-0.05, 0) is 113 Å². The first-order chi connectivity index (χ1) is 25.1. The summed E-state index contributed by atoms with van der Waals surface area (Å²) < 4.78 is 8.64. The van der Waals surface area contributed by atoms with E-state index in [0.29, 0.717) is 0 Å². The fraction of sp³-hybridized carbons (Fsp3) is 0.0476. The molecule has 10 rings (SSSR count). The monoisotopic (exact) mass is 1170 g/mol. The Morgan fingerprint density at radius 2 is 1.02 bits per heavy atom. The van der Waals surface area contributed by atoms with Crippen LogP contribution in [0, 0.1) is 3.57 Å². The van der Waals surface area contributed by atoms with Crippen LogP contribution in [0.25, 0.3) is 68.1 Å². The highest BCUT2D eigenvalue weighted by Gasteiger charge is 2.18. The van der Waals surface area contributed by atoms with Gasteiger partial charge in [0, 0.05) is 56.0 Å². The Balaban J connectivity index is 0.000000140. The van der Waals surface area contributed by atoms with E-state index in [9.17, 15) is 0 Å². The third-order valence-corrected chi connectivity index (χ3v) is 13.1. The number of aromatic amines is 1. The molecule has 0 saturated carbocycles. The molecule has 0 fully saturated rings. The van der Waals surface area contributed by atoms with Crippen molar-refractivity contribution in [3.05, 3.63) is 158 Å². The Morgan fingerprint density at radius 3 is 1.65 bits per heavy atom. The molecule has 10 aromatic rings. The summed E-state index contributed by atoms with van der Waals surface area (Å²) in [5, 5.41) is 7.98. The number of alkyl halides is 2. The zero-order chi connectivity index (χ0) is 35.9. The largest absolute Gasteiger partial charge is 0.346 e. The summed E-state index contributed by atoms with van der Waals surface area (Å²) in [6.07, 6.45) is 0. The number of para-hydroxylation sites is 3. The van der Waals surface area contributed by atoms with Crippen LogP contribution in [-0.2, 0) is 0 Å². The van der Waals surface area contributed by atoms with Gasteiger partial charge in [-0.15, -0.1) is 22.7 Å². The number of rotatable bonds is 1. The van der Waals surface area contributed by atoms with Gasteiger partial charge in [-0.1, -0.05) is 142 Å². The molecule has 0 amide bonds. The molecule has 0 saturated heterocycles. The van der Waals surface area contributed by atoms with Crippen LogP contribution < -0.4 is 0 Å². The molecule has 0 spiro atoms. The topological polar surface area (TPSA) is 20.7 Å². The molecule has 0 unspecified atom stereocenters. The minimum atomic E-state index is 1.17. The summed E-state index contributed by atoms with van der Waals surface area (Å²) in [6.45, 7) is 0. The van der Waals surface area contributed by atoms with Crippen molar-refractivity contribution in [3.8, 4) is 5.69 Å². The first-order valence-corrected chi connectivity index (χ1v) is 24.4. The van der Waals surface area contributed by atoms with Gasteiger partial charge in [0.1, 0.15) is 9.66 Å². The maximum absolute atomic E-state index is 3.71. The summed E-state index contributed by atoms with van der Waals surface area (Å²) in [5.41, 5.74) is 3.69. The van der Waals surface area contributed by atoms with E-state index in [1.807, 2.05) is 50.7 Å². The van der Waals surface area contributed by atoms with Crippen LogP contribution in [0.3, 0.4) is 0 Å². The van der Waals surface area contributed by atoms with E-state index in [2.05, 4.69) is 237 Å². The van der Waals surface area contributed by atoms with Crippen LogP contribution in [0.1, 0.15) is 0 Å². The molecule has 4 heterocycles. The van der Waals surface area contributed by atoms with Crippen molar-refractivity contribution in [2.24, 2.45) is 0 Å². The molecule has 9 heteroatoms. The standard InChI is InChI=1S/C20H12BrNS.C14H8BrNS.C6H5I.2CH3I/c21-16-11-6-10-15-18-14-9-4-5-12-17(14)22(20(18)23-19(15)16)13-7-2-1-3-8-13;15-10-6-3-5-9-12-8-4-1-2-7-11(8)16-14(12)17-13(9)10;7-6-4-2-1-3-5-6;2*1-2/h1-12H;1-7,16H;1-5H;2*1H3. The number of nitrogens with one attached hydrogen (secondary N) is 1. The van der Waals surface area contributed by atoms with Gasteiger partial charge in [0.05, 0.1) is 14.9 Å². The van der Waals surface area contributed by atoms with E-state index in [4.69, 9.17) is 0 Å². The lowest BCUT2D eigenvalue weighted by Gasteiger charge is -2.05. The first-order valence-electron chi connectivity index (χ1n) is 15.8. The lowest BCUT2D eigenvalue weighted by molar-refractivity contribution is 1.19. The molecule has 2 nitrogen and oxygen atoms in total. The second-order valence-corrected chi connectivity index (χ2v) is 15.9. The number of H-pyrrole nitrogens is 1. The average Bonchev–Trinajstić information content (AvgIpc) is 3.93. The third-order valence-electron chi connectivity index (χ3n) is 8.13. The molecular weight excluding hydrogens is 1140 g/mol. The summed E-state index contributed by atoms with van der Waals surface area (Å²) in [6, 6.07) is 50.8. The van der Waals surface area contributed by atoms with Gasteiger partial charge in [-0.3, -0.25) is 0 Å². The molecule has 0 aliphatic carbocycles. The number of hydrogen-bond donors (Lipinski definition) is 1. The lowest BCUT2D eigenvalue weighted by Crippen LogP contribution is -1.91. The fourth-order valence-electron chi connectivity index (χ4n) is 6.10. The normalized spacial score (nSPS) is 10.6. The highest BCUT2D eigenvalue weighted by molar-refractivity contribution is 14.1. The van der Waals surface area contributed by atoms with Crippen molar-refractivity contribution in [3.63, 3.8) is 0 Å². The maximum atomic E-state index is 3.71. The molecule has 6 aromatic carbocycles. The van der Waals surface area contributed by atoms with Crippen molar-refractivity contribution in [1.82, 2.24) is 9.55 Å². The molecule has 1 N–H and O–H groups in total. The SMILES string of the molecule is Brc1cccc2c1sc1[nH]c3ccccc3c12.Brc1cccc2c1sc1c2c2ccccc2n1-c1ccccc1.CI.CI.Ic1ccccc1. The van der Waals surface area contributed by atoms with Gasteiger partial charge >= 0.3 is 0 Å². The molecular formula is C42H31Br2I3N2S2. The van der Waals surface area contributed by atoms with Crippen LogP contribution in [0.4, 0.5) is 0 Å². The second-order valence-electron chi connectivity index (χ2n) is 11.0. The Hall–Kier alpha value is -2.01. The summed E-state index contributed by atoms with van der Waals surface area (Å²) in [4.78, 5) is 9.99.